The van der Waals surface area contributed by atoms with Gasteiger partial charge in [0.15, 0.2) is 6.61 Å². The van der Waals surface area contributed by atoms with Gasteiger partial charge in [-0.15, -0.1) is 12.4 Å². The van der Waals surface area contributed by atoms with Crippen LogP contribution in [0.25, 0.3) is 0 Å². The number of hydrogen-bond acceptors (Lipinski definition) is 7. The molecule has 1 aromatic rings. The van der Waals surface area contributed by atoms with E-state index in [-0.39, 0.29) is 61.3 Å². The molecule has 11 heteroatoms. The lowest BCUT2D eigenvalue weighted by Crippen LogP contribution is -2.50. The zero-order valence-corrected chi connectivity index (χ0v) is 17.1. The van der Waals surface area contributed by atoms with Crippen LogP contribution in [0.3, 0.4) is 0 Å². The minimum absolute atomic E-state index is 0. The Kier molecular flexibility index (Phi) is 10.2. The maximum atomic E-state index is 12.6. The summed E-state index contributed by atoms with van der Waals surface area (Å²) in [5.41, 5.74) is 5.19. The van der Waals surface area contributed by atoms with Crippen molar-refractivity contribution in [3.8, 4) is 11.5 Å². The molecule has 1 aliphatic heterocycles. The molecular weight excluding hydrogens is 404 g/mol. The molecule has 0 saturated carbocycles. The predicted molar refractivity (Wildman–Crippen MR) is 108 cm³/mol. The number of nitro benzene ring substituents is 1. The molecule has 1 saturated heterocycles. The zero-order valence-electron chi connectivity index (χ0n) is 16.3. The number of methoxy groups -OCH3 is 1. The SMILES string of the molecule is COc1cc(OCC(=O)N2CCCCC2CNC(=O)CCN)ccc1[N+](=O)[O-].Cl. The summed E-state index contributed by atoms with van der Waals surface area (Å²) in [7, 11) is 1.33. The molecule has 1 aromatic carbocycles. The molecular formula is C18H27ClN4O6. The molecule has 1 unspecified atom stereocenters. The molecule has 0 spiro atoms. The lowest BCUT2D eigenvalue weighted by molar-refractivity contribution is -0.385. The highest BCUT2D eigenvalue weighted by molar-refractivity contribution is 5.85. The average molecular weight is 431 g/mol. The van der Waals surface area contributed by atoms with Crippen molar-refractivity contribution < 1.29 is 24.0 Å². The van der Waals surface area contributed by atoms with Gasteiger partial charge in [0.05, 0.1) is 12.0 Å². The third kappa shape index (κ3) is 7.06. The minimum Gasteiger partial charge on any atom is -0.490 e. The second-order valence-corrected chi connectivity index (χ2v) is 6.46. The van der Waals surface area contributed by atoms with Gasteiger partial charge in [0.25, 0.3) is 5.91 Å². The van der Waals surface area contributed by atoms with Crippen LogP contribution in [0.2, 0.25) is 0 Å². The van der Waals surface area contributed by atoms with Crippen molar-refractivity contribution in [2.75, 3.05) is 33.4 Å². The number of halogens is 1. The summed E-state index contributed by atoms with van der Waals surface area (Å²) >= 11 is 0. The van der Waals surface area contributed by atoms with Gasteiger partial charge in [-0.1, -0.05) is 0 Å². The Bertz CT molecular complexity index is 718. The Balaban J connectivity index is 0.00000420. The first kappa shape index (κ1) is 24.4. The van der Waals surface area contributed by atoms with E-state index in [9.17, 15) is 19.7 Å². The van der Waals surface area contributed by atoms with Gasteiger partial charge in [-0.2, -0.15) is 0 Å². The van der Waals surface area contributed by atoms with Crippen LogP contribution in [-0.2, 0) is 9.59 Å². The maximum absolute atomic E-state index is 12.6. The van der Waals surface area contributed by atoms with E-state index in [4.69, 9.17) is 15.2 Å². The second-order valence-electron chi connectivity index (χ2n) is 6.46. The molecule has 0 aliphatic carbocycles. The molecule has 2 rings (SSSR count). The first-order chi connectivity index (χ1) is 13.5. The summed E-state index contributed by atoms with van der Waals surface area (Å²) in [6, 6.07) is 3.99. The lowest BCUT2D eigenvalue weighted by atomic mass is 10.0. The van der Waals surface area contributed by atoms with E-state index in [1.54, 1.807) is 4.90 Å². The number of nitrogens with two attached hydrogens (primary N) is 1. The molecule has 0 bridgehead atoms. The molecule has 0 radical (unpaired) electrons. The molecule has 29 heavy (non-hydrogen) atoms. The van der Waals surface area contributed by atoms with E-state index in [0.29, 0.717) is 18.8 Å². The van der Waals surface area contributed by atoms with Crippen molar-refractivity contribution in [2.45, 2.75) is 31.7 Å². The van der Waals surface area contributed by atoms with Crippen molar-refractivity contribution in [3.05, 3.63) is 28.3 Å². The van der Waals surface area contributed by atoms with Crippen LogP contribution in [0.5, 0.6) is 11.5 Å². The molecule has 1 atom stereocenters. The number of carbonyl (C=O) groups excluding carboxylic acids is 2. The van der Waals surface area contributed by atoms with Crippen molar-refractivity contribution in [1.82, 2.24) is 10.2 Å². The minimum atomic E-state index is -0.551. The smallest absolute Gasteiger partial charge is 0.311 e. The Labute approximate surface area is 175 Å². The highest BCUT2D eigenvalue weighted by Gasteiger charge is 2.27. The zero-order chi connectivity index (χ0) is 20.5. The number of benzene rings is 1. The van der Waals surface area contributed by atoms with Crippen molar-refractivity contribution in [1.29, 1.82) is 0 Å². The van der Waals surface area contributed by atoms with Gasteiger partial charge in [-0.25, -0.2) is 0 Å². The maximum Gasteiger partial charge on any atom is 0.311 e. The Hall–Kier alpha value is -2.59. The molecule has 1 heterocycles. The average Bonchev–Trinajstić information content (AvgIpc) is 2.70. The number of nitro groups is 1. The van der Waals surface area contributed by atoms with Crippen LogP contribution in [0.4, 0.5) is 5.69 Å². The lowest BCUT2D eigenvalue weighted by Gasteiger charge is -2.35. The second kappa shape index (κ2) is 12.1. The Morgan fingerprint density at radius 3 is 2.79 bits per heavy atom. The van der Waals surface area contributed by atoms with Crippen LogP contribution in [0, 0.1) is 10.1 Å². The molecule has 162 valence electrons. The van der Waals surface area contributed by atoms with Crippen LogP contribution in [-0.4, -0.2) is 61.0 Å². The van der Waals surface area contributed by atoms with E-state index < -0.39 is 4.92 Å². The van der Waals surface area contributed by atoms with Gasteiger partial charge in [-0.3, -0.25) is 19.7 Å². The summed E-state index contributed by atoms with van der Waals surface area (Å²) in [4.78, 5) is 36.3. The fraction of sp³-hybridized carbons (Fsp3) is 0.556. The quantitative estimate of drug-likeness (QED) is 0.444. The molecule has 1 fully saturated rings. The van der Waals surface area contributed by atoms with Gasteiger partial charge >= 0.3 is 5.69 Å². The van der Waals surface area contributed by atoms with Crippen molar-refractivity contribution in [2.24, 2.45) is 5.73 Å². The number of likely N-dealkylation sites (tertiary alicyclic amines) is 1. The van der Waals surface area contributed by atoms with Gasteiger partial charge < -0.3 is 25.4 Å². The van der Waals surface area contributed by atoms with Gasteiger partial charge in [0.2, 0.25) is 11.7 Å². The number of ether oxygens (including phenoxy) is 2. The van der Waals surface area contributed by atoms with Crippen molar-refractivity contribution >= 4 is 29.9 Å². The Morgan fingerprint density at radius 2 is 2.14 bits per heavy atom. The van der Waals surface area contributed by atoms with E-state index in [0.717, 1.165) is 19.3 Å². The van der Waals surface area contributed by atoms with E-state index in [1.165, 1.54) is 25.3 Å². The standard InChI is InChI=1S/C18H26N4O6.ClH/c1-27-16-10-14(5-6-15(16)22(25)26)28-12-18(24)21-9-3-2-4-13(21)11-20-17(23)7-8-19;/h5-6,10,13H,2-4,7-9,11-12,19H2,1H3,(H,20,23);1H. The highest BCUT2D eigenvalue weighted by Crippen LogP contribution is 2.30. The third-order valence-electron chi connectivity index (χ3n) is 4.56. The van der Waals surface area contributed by atoms with Gasteiger partial charge in [-0.05, 0) is 25.3 Å². The largest absolute Gasteiger partial charge is 0.490 e. The Morgan fingerprint density at radius 1 is 1.38 bits per heavy atom. The summed E-state index contributed by atoms with van der Waals surface area (Å²) in [6.07, 6.45) is 2.94. The normalized spacial score (nSPS) is 15.8. The number of piperidine rings is 1. The highest BCUT2D eigenvalue weighted by atomic mass is 35.5. The predicted octanol–water partition coefficient (Wildman–Crippen LogP) is 1.25. The van der Waals surface area contributed by atoms with E-state index in [2.05, 4.69) is 5.32 Å². The number of rotatable bonds is 9. The summed E-state index contributed by atoms with van der Waals surface area (Å²) in [5, 5.41) is 13.7. The summed E-state index contributed by atoms with van der Waals surface area (Å²) in [5.74, 6) is 0.0406. The molecule has 1 aliphatic rings. The fourth-order valence-electron chi connectivity index (χ4n) is 3.12. The van der Waals surface area contributed by atoms with Gasteiger partial charge in [0, 0.05) is 44.2 Å². The van der Waals surface area contributed by atoms with Crippen molar-refractivity contribution in [3.63, 3.8) is 0 Å². The first-order valence-corrected chi connectivity index (χ1v) is 9.17. The fourth-order valence-corrected chi connectivity index (χ4v) is 3.12. The molecule has 3 N–H and O–H groups in total. The number of amides is 2. The third-order valence-corrected chi connectivity index (χ3v) is 4.56. The number of nitrogens with zero attached hydrogens (tertiary/aromatic N) is 2. The summed E-state index contributed by atoms with van der Waals surface area (Å²) < 4.78 is 10.5. The van der Waals surface area contributed by atoms with E-state index >= 15 is 0 Å². The molecule has 0 aromatic heterocycles. The number of carbonyl (C=O) groups is 2. The van der Waals surface area contributed by atoms with Crippen LogP contribution in [0.1, 0.15) is 25.7 Å². The topological polar surface area (TPSA) is 137 Å². The van der Waals surface area contributed by atoms with Crippen LogP contribution < -0.4 is 20.5 Å². The monoisotopic (exact) mass is 430 g/mol. The van der Waals surface area contributed by atoms with E-state index in [1.807, 2.05) is 0 Å². The van der Waals surface area contributed by atoms with Crippen LogP contribution in [0.15, 0.2) is 18.2 Å². The molecule has 2 amide bonds. The number of nitrogens with one attached hydrogen (secondary N) is 1. The van der Waals surface area contributed by atoms with Crippen LogP contribution >= 0.6 is 12.4 Å². The van der Waals surface area contributed by atoms with Gasteiger partial charge in [0.1, 0.15) is 5.75 Å². The number of hydrogen-bond donors (Lipinski definition) is 2. The molecule has 10 nitrogen and oxygen atoms in total. The first-order valence-electron chi connectivity index (χ1n) is 9.17. The summed E-state index contributed by atoms with van der Waals surface area (Å²) in [6.45, 7) is 1.07.